The van der Waals surface area contributed by atoms with Crippen LogP contribution in [0.2, 0.25) is 0 Å². The van der Waals surface area contributed by atoms with Crippen LogP contribution >= 0.6 is 0 Å². The Hall–Kier alpha value is -1.90. The maximum atomic E-state index is 11.6. The monoisotopic (exact) mass is 201 g/mol. The van der Waals surface area contributed by atoms with Crippen LogP contribution in [0.1, 0.15) is 11.5 Å². The third-order valence-electron chi connectivity index (χ3n) is 2.06. The van der Waals surface area contributed by atoms with Crippen LogP contribution in [0.25, 0.3) is 0 Å². The van der Waals surface area contributed by atoms with Gasteiger partial charge in [-0.05, 0) is 24.3 Å². The Morgan fingerprint density at radius 2 is 2.13 bits per heavy atom. The summed E-state index contributed by atoms with van der Waals surface area (Å²) in [6.07, 6.45) is 3.96. The predicted molar refractivity (Wildman–Crippen MR) is 55.4 cm³/mol. The van der Waals surface area contributed by atoms with Crippen LogP contribution < -0.4 is 0 Å². The summed E-state index contributed by atoms with van der Waals surface area (Å²) in [6, 6.07) is 9.14. The molecular weight excluding hydrogens is 190 g/mol. The lowest BCUT2D eigenvalue weighted by molar-refractivity contribution is -0.118. The van der Waals surface area contributed by atoms with Crippen molar-refractivity contribution < 1.29 is 9.21 Å². The minimum Gasteiger partial charge on any atom is -0.469 e. The standard InChI is InChI=1S/C12H11NO2/c14-11(9-12-5-3-7-15-12)8-10-4-1-2-6-13-10/h1-7H,8-9H2. The molecule has 0 aliphatic heterocycles. The fraction of sp³-hybridized carbons (Fsp3) is 0.167. The van der Waals surface area contributed by atoms with Crippen LogP contribution in [-0.4, -0.2) is 10.8 Å². The van der Waals surface area contributed by atoms with Crippen molar-refractivity contribution in [3.8, 4) is 0 Å². The molecule has 0 saturated heterocycles. The molecule has 0 N–H and O–H groups in total. The number of carbonyl (C=O) groups is 1. The van der Waals surface area contributed by atoms with Gasteiger partial charge in [-0.2, -0.15) is 0 Å². The fourth-order valence-electron chi connectivity index (χ4n) is 1.37. The van der Waals surface area contributed by atoms with Crippen molar-refractivity contribution in [2.24, 2.45) is 0 Å². The van der Waals surface area contributed by atoms with Gasteiger partial charge < -0.3 is 4.42 Å². The second-order valence-corrected chi connectivity index (χ2v) is 3.29. The predicted octanol–water partition coefficient (Wildman–Crippen LogP) is 2.03. The summed E-state index contributed by atoms with van der Waals surface area (Å²) in [4.78, 5) is 15.7. The number of furan rings is 1. The lowest BCUT2D eigenvalue weighted by Gasteiger charge is -1.97. The summed E-state index contributed by atoms with van der Waals surface area (Å²) >= 11 is 0. The Morgan fingerprint density at radius 3 is 2.80 bits per heavy atom. The first kappa shape index (κ1) is 9.65. The van der Waals surface area contributed by atoms with E-state index in [9.17, 15) is 4.79 Å². The molecule has 2 heterocycles. The number of hydrogen-bond donors (Lipinski definition) is 0. The molecule has 0 spiro atoms. The van der Waals surface area contributed by atoms with Crippen LogP contribution in [0.3, 0.4) is 0 Å². The van der Waals surface area contributed by atoms with Gasteiger partial charge in [0.15, 0.2) is 0 Å². The quantitative estimate of drug-likeness (QED) is 0.760. The molecule has 2 aromatic heterocycles. The number of hydrogen-bond acceptors (Lipinski definition) is 3. The summed E-state index contributed by atoms with van der Waals surface area (Å²) < 4.78 is 5.10. The number of rotatable bonds is 4. The highest BCUT2D eigenvalue weighted by Gasteiger charge is 2.07. The third-order valence-corrected chi connectivity index (χ3v) is 2.06. The lowest BCUT2D eigenvalue weighted by Crippen LogP contribution is -2.06. The highest BCUT2D eigenvalue weighted by molar-refractivity contribution is 5.82. The van der Waals surface area contributed by atoms with E-state index >= 15 is 0 Å². The first-order valence-corrected chi connectivity index (χ1v) is 4.78. The number of ketones is 1. The van der Waals surface area contributed by atoms with Crippen molar-refractivity contribution in [3.63, 3.8) is 0 Å². The minimum atomic E-state index is 0.114. The Balaban J connectivity index is 1.94. The third kappa shape index (κ3) is 2.77. The zero-order valence-electron chi connectivity index (χ0n) is 8.22. The van der Waals surface area contributed by atoms with Gasteiger partial charge >= 0.3 is 0 Å². The molecule has 0 fully saturated rings. The van der Waals surface area contributed by atoms with E-state index in [1.54, 1.807) is 24.6 Å². The van der Waals surface area contributed by atoms with E-state index in [2.05, 4.69) is 4.98 Å². The molecule has 0 saturated carbocycles. The molecule has 0 unspecified atom stereocenters. The molecule has 0 aliphatic rings. The van der Waals surface area contributed by atoms with Crippen molar-refractivity contribution in [2.45, 2.75) is 12.8 Å². The highest BCUT2D eigenvalue weighted by atomic mass is 16.3. The number of carbonyl (C=O) groups excluding carboxylic acids is 1. The average Bonchev–Trinajstić information content (AvgIpc) is 2.71. The molecule has 0 bridgehead atoms. The molecule has 0 aliphatic carbocycles. The Kier molecular flexibility index (Phi) is 2.93. The Labute approximate surface area is 87.8 Å². The molecule has 0 amide bonds. The number of nitrogens with zero attached hydrogens (tertiary/aromatic N) is 1. The molecule has 2 aromatic rings. The van der Waals surface area contributed by atoms with Gasteiger partial charge in [-0.25, -0.2) is 0 Å². The van der Waals surface area contributed by atoms with E-state index in [1.165, 1.54) is 0 Å². The van der Waals surface area contributed by atoms with Crippen LogP contribution in [0, 0.1) is 0 Å². The van der Waals surface area contributed by atoms with E-state index < -0.39 is 0 Å². The number of Topliss-reactive ketones (excluding diaryl/α,β-unsaturated/α-hetero) is 1. The van der Waals surface area contributed by atoms with Gasteiger partial charge in [0.2, 0.25) is 0 Å². The van der Waals surface area contributed by atoms with E-state index in [4.69, 9.17) is 4.42 Å². The first-order chi connectivity index (χ1) is 7.34. The first-order valence-electron chi connectivity index (χ1n) is 4.78. The largest absolute Gasteiger partial charge is 0.469 e. The molecule has 2 rings (SSSR count). The minimum absolute atomic E-state index is 0.114. The van der Waals surface area contributed by atoms with Gasteiger partial charge in [0.25, 0.3) is 0 Å². The molecule has 3 nitrogen and oxygen atoms in total. The molecule has 76 valence electrons. The summed E-state index contributed by atoms with van der Waals surface area (Å²) in [7, 11) is 0. The van der Waals surface area contributed by atoms with Gasteiger partial charge in [0, 0.05) is 18.3 Å². The maximum Gasteiger partial charge on any atom is 0.146 e. The summed E-state index contributed by atoms with van der Waals surface area (Å²) in [5.74, 6) is 0.819. The highest BCUT2D eigenvalue weighted by Crippen LogP contribution is 2.04. The molecule has 3 heteroatoms. The van der Waals surface area contributed by atoms with Crippen molar-refractivity contribution in [2.75, 3.05) is 0 Å². The van der Waals surface area contributed by atoms with Crippen LogP contribution in [0.15, 0.2) is 47.2 Å². The second-order valence-electron chi connectivity index (χ2n) is 3.29. The van der Waals surface area contributed by atoms with Crippen molar-refractivity contribution in [1.29, 1.82) is 0 Å². The molecule has 0 atom stereocenters. The Morgan fingerprint density at radius 1 is 1.20 bits per heavy atom. The summed E-state index contributed by atoms with van der Waals surface area (Å²) in [5.41, 5.74) is 0.800. The van der Waals surface area contributed by atoms with Crippen LogP contribution in [-0.2, 0) is 17.6 Å². The zero-order valence-corrected chi connectivity index (χ0v) is 8.22. The number of aromatic nitrogens is 1. The smallest absolute Gasteiger partial charge is 0.146 e. The maximum absolute atomic E-state index is 11.6. The van der Waals surface area contributed by atoms with Gasteiger partial charge in [-0.15, -0.1) is 0 Å². The topological polar surface area (TPSA) is 43.1 Å². The SMILES string of the molecule is O=C(Cc1ccccn1)Cc1ccco1. The van der Waals surface area contributed by atoms with E-state index in [1.807, 2.05) is 18.2 Å². The van der Waals surface area contributed by atoms with Crippen LogP contribution in [0.4, 0.5) is 0 Å². The molecule has 0 aromatic carbocycles. The van der Waals surface area contributed by atoms with E-state index in [-0.39, 0.29) is 5.78 Å². The fourth-order valence-corrected chi connectivity index (χ4v) is 1.37. The molecule has 0 radical (unpaired) electrons. The van der Waals surface area contributed by atoms with Gasteiger partial charge in [-0.3, -0.25) is 9.78 Å². The summed E-state index contributed by atoms with van der Waals surface area (Å²) in [6.45, 7) is 0. The Bertz CT molecular complexity index is 420. The van der Waals surface area contributed by atoms with Crippen molar-refractivity contribution >= 4 is 5.78 Å². The zero-order chi connectivity index (χ0) is 10.5. The molecule has 15 heavy (non-hydrogen) atoms. The van der Waals surface area contributed by atoms with E-state index in [0.717, 1.165) is 5.69 Å². The lowest BCUT2D eigenvalue weighted by atomic mass is 10.1. The second kappa shape index (κ2) is 4.55. The molecular formula is C12H11NO2. The number of pyridine rings is 1. The van der Waals surface area contributed by atoms with Gasteiger partial charge in [0.1, 0.15) is 11.5 Å². The summed E-state index contributed by atoms with van der Waals surface area (Å²) in [5, 5.41) is 0. The van der Waals surface area contributed by atoms with Gasteiger partial charge in [-0.1, -0.05) is 6.07 Å². The van der Waals surface area contributed by atoms with Crippen molar-refractivity contribution in [3.05, 3.63) is 54.2 Å². The van der Waals surface area contributed by atoms with Crippen molar-refractivity contribution in [1.82, 2.24) is 4.98 Å². The average molecular weight is 201 g/mol. The van der Waals surface area contributed by atoms with Crippen LogP contribution in [0.5, 0.6) is 0 Å². The van der Waals surface area contributed by atoms with E-state index in [0.29, 0.717) is 18.6 Å². The normalized spacial score (nSPS) is 10.1. The van der Waals surface area contributed by atoms with Gasteiger partial charge in [0.05, 0.1) is 12.7 Å².